The summed E-state index contributed by atoms with van der Waals surface area (Å²) in [6.07, 6.45) is 8.87. The first-order chi connectivity index (χ1) is 8.38. The molecule has 1 fully saturated rings. The van der Waals surface area contributed by atoms with Crippen LogP contribution >= 0.6 is 23.1 Å². The molecule has 1 heterocycles. The summed E-state index contributed by atoms with van der Waals surface area (Å²) in [4.78, 5) is 0. The smallest absolute Gasteiger partial charge is 0.206 e. The third-order valence-electron chi connectivity index (χ3n) is 2.97. The maximum absolute atomic E-state index is 4.19. The minimum Gasteiger partial charge on any atom is -0.357 e. The summed E-state index contributed by atoms with van der Waals surface area (Å²) in [6, 6.07) is 0. The average Bonchev–Trinajstić information content (AvgIpc) is 2.83. The molecule has 1 aromatic heterocycles. The van der Waals surface area contributed by atoms with Crippen molar-refractivity contribution >= 4 is 28.2 Å². The molecular weight excluding hydrogens is 250 g/mol. The standard InChI is InChI=1S/C12H19N3S2/c1-2-8-13-11-14-15-12(17-11)16-9-10-6-4-3-5-7-10/h2,10H,1,3-9H2,(H,13,14). The van der Waals surface area contributed by atoms with Crippen LogP contribution in [-0.2, 0) is 0 Å². The van der Waals surface area contributed by atoms with E-state index in [1.54, 1.807) is 11.3 Å². The fraction of sp³-hybridized carbons (Fsp3) is 0.667. The topological polar surface area (TPSA) is 37.8 Å². The van der Waals surface area contributed by atoms with Crippen molar-refractivity contribution in [3.8, 4) is 0 Å². The molecule has 5 heteroatoms. The quantitative estimate of drug-likeness (QED) is 0.629. The lowest BCUT2D eigenvalue weighted by Crippen LogP contribution is -2.08. The molecule has 0 spiro atoms. The van der Waals surface area contributed by atoms with Gasteiger partial charge in [0.1, 0.15) is 0 Å². The van der Waals surface area contributed by atoms with E-state index < -0.39 is 0 Å². The monoisotopic (exact) mass is 269 g/mol. The lowest BCUT2D eigenvalue weighted by Gasteiger charge is -2.20. The predicted molar refractivity (Wildman–Crippen MR) is 75.9 cm³/mol. The minimum absolute atomic E-state index is 0.752. The third kappa shape index (κ3) is 4.32. The molecular formula is C12H19N3S2. The van der Waals surface area contributed by atoms with E-state index in [-0.39, 0.29) is 0 Å². The molecule has 0 radical (unpaired) electrons. The Kier molecular flexibility index (Phi) is 5.32. The molecule has 0 amide bonds. The van der Waals surface area contributed by atoms with Gasteiger partial charge in [-0.15, -0.1) is 16.8 Å². The van der Waals surface area contributed by atoms with Crippen LogP contribution in [0.4, 0.5) is 5.13 Å². The maximum Gasteiger partial charge on any atom is 0.206 e. The van der Waals surface area contributed by atoms with Gasteiger partial charge in [-0.05, 0) is 18.8 Å². The van der Waals surface area contributed by atoms with Crippen LogP contribution in [0.2, 0.25) is 0 Å². The summed E-state index contributed by atoms with van der Waals surface area (Å²) < 4.78 is 1.09. The summed E-state index contributed by atoms with van der Waals surface area (Å²) in [7, 11) is 0. The van der Waals surface area contributed by atoms with Gasteiger partial charge >= 0.3 is 0 Å². The Bertz CT molecular complexity index is 345. The van der Waals surface area contributed by atoms with E-state index in [0.717, 1.165) is 21.9 Å². The van der Waals surface area contributed by atoms with Crippen LogP contribution in [0, 0.1) is 5.92 Å². The van der Waals surface area contributed by atoms with Crippen molar-refractivity contribution in [3.63, 3.8) is 0 Å². The summed E-state index contributed by atoms with van der Waals surface area (Å²) in [6.45, 7) is 4.42. The lowest BCUT2D eigenvalue weighted by molar-refractivity contribution is 0.391. The van der Waals surface area contributed by atoms with Crippen molar-refractivity contribution in [2.24, 2.45) is 5.92 Å². The van der Waals surface area contributed by atoms with E-state index in [1.165, 1.54) is 37.9 Å². The van der Waals surface area contributed by atoms with Crippen molar-refractivity contribution in [1.29, 1.82) is 0 Å². The number of thioether (sulfide) groups is 1. The number of anilines is 1. The van der Waals surface area contributed by atoms with E-state index in [4.69, 9.17) is 0 Å². The van der Waals surface area contributed by atoms with E-state index in [0.29, 0.717) is 0 Å². The Morgan fingerprint density at radius 1 is 1.35 bits per heavy atom. The summed E-state index contributed by atoms with van der Waals surface area (Å²) in [5, 5.41) is 12.4. The zero-order valence-electron chi connectivity index (χ0n) is 10.0. The molecule has 17 heavy (non-hydrogen) atoms. The van der Waals surface area contributed by atoms with Crippen LogP contribution in [0.25, 0.3) is 0 Å². The van der Waals surface area contributed by atoms with E-state index >= 15 is 0 Å². The maximum atomic E-state index is 4.19. The molecule has 2 rings (SSSR count). The Morgan fingerprint density at radius 2 is 2.18 bits per heavy atom. The molecule has 94 valence electrons. The third-order valence-corrected chi connectivity index (χ3v) is 5.22. The van der Waals surface area contributed by atoms with Crippen LogP contribution in [0.15, 0.2) is 17.0 Å². The first kappa shape index (κ1) is 12.9. The number of hydrogen-bond acceptors (Lipinski definition) is 5. The molecule has 0 unspecified atom stereocenters. The van der Waals surface area contributed by atoms with Crippen molar-refractivity contribution < 1.29 is 0 Å². The van der Waals surface area contributed by atoms with E-state index in [1.807, 2.05) is 17.8 Å². The van der Waals surface area contributed by atoms with E-state index in [9.17, 15) is 0 Å². The van der Waals surface area contributed by atoms with Gasteiger partial charge in [0, 0.05) is 12.3 Å². The van der Waals surface area contributed by atoms with Crippen molar-refractivity contribution in [2.75, 3.05) is 17.6 Å². The van der Waals surface area contributed by atoms with Gasteiger partial charge in [0.2, 0.25) is 5.13 Å². The van der Waals surface area contributed by atoms with Gasteiger partial charge in [-0.3, -0.25) is 0 Å². The molecule has 1 saturated carbocycles. The zero-order chi connectivity index (χ0) is 11.9. The van der Waals surface area contributed by atoms with Crippen LogP contribution < -0.4 is 5.32 Å². The molecule has 1 N–H and O–H groups in total. The van der Waals surface area contributed by atoms with Gasteiger partial charge in [0.05, 0.1) is 0 Å². The molecule has 1 aliphatic carbocycles. The first-order valence-electron chi connectivity index (χ1n) is 6.19. The molecule has 0 bridgehead atoms. The van der Waals surface area contributed by atoms with Crippen LogP contribution in [0.3, 0.4) is 0 Å². The summed E-state index contributed by atoms with van der Waals surface area (Å²) in [5.74, 6) is 2.10. The molecule has 0 saturated heterocycles. The average molecular weight is 269 g/mol. The molecule has 0 atom stereocenters. The van der Waals surface area contributed by atoms with Crippen LogP contribution in [0.5, 0.6) is 0 Å². The van der Waals surface area contributed by atoms with Gasteiger partial charge < -0.3 is 5.32 Å². The zero-order valence-corrected chi connectivity index (χ0v) is 11.7. The summed E-state index contributed by atoms with van der Waals surface area (Å²) in [5.41, 5.74) is 0. The molecule has 0 aliphatic heterocycles. The normalized spacial score (nSPS) is 16.9. The van der Waals surface area contributed by atoms with Gasteiger partial charge in [0.25, 0.3) is 0 Å². The van der Waals surface area contributed by atoms with Gasteiger partial charge in [-0.1, -0.05) is 48.4 Å². The van der Waals surface area contributed by atoms with Gasteiger partial charge in [-0.2, -0.15) is 0 Å². The largest absolute Gasteiger partial charge is 0.357 e. The fourth-order valence-corrected chi connectivity index (χ4v) is 4.01. The van der Waals surface area contributed by atoms with Crippen molar-refractivity contribution in [2.45, 2.75) is 36.4 Å². The van der Waals surface area contributed by atoms with E-state index in [2.05, 4.69) is 22.1 Å². The Labute approximate surface area is 111 Å². The molecule has 1 aromatic rings. The highest BCUT2D eigenvalue weighted by atomic mass is 32.2. The highest BCUT2D eigenvalue weighted by Gasteiger charge is 2.14. The van der Waals surface area contributed by atoms with Gasteiger partial charge in [-0.25, -0.2) is 0 Å². The molecule has 0 aromatic carbocycles. The second-order valence-electron chi connectivity index (χ2n) is 4.36. The Morgan fingerprint density at radius 3 is 2.94 bits per heavy atom. The van der Waals surface area contributed by atoms with Crippen LogP contribution in [-0.4, -0.2) is 22.5 Å². The highest BCUT2D eigenvalue weighted by molar-refractivity contribution is 8.01. The molecule has 1 aliphatic rings. The summed E-state index contributed by atoms with van der Waals surface area (Å²) >= 11 is 3.50. The van der Waals surface area contributed by atoms with Crippen molar-refractivity contribution in [1.82, 2.24) is 10.2 Å². The number of nitrogens with zero attached hydrogens (tertiary/aromatic N) is 2. The minimum atomic E-state index is 0.752. The Balaban J connectivity index is 1.74. The first-order valence-corrected chi connectivity index (χ1v) is 8.00. The second-order valence-corrected chi connectivity index (χ2v) is 6.60. The number of nitrogens with one attached hydrogen (secondary N) is 1. The second kappa shape index (κ2) is 7.01. The predicted octanol–water partition coefficient (Wildman–Crippen LogP) is 3.81. The van der Waals surface area contributed by atoms with Crippen LogP contribution in [0.1, 0.15) is 32.1 Å². The Hall–Kier alpha value is -0.550. The van der Waals surface area contributed by atoms with Gasteiger partial charge in [0.15, 0.2) is 4.34 Å². The lowest BCUT2D eigenvalue weighted by atomic mass is 9.91. The highest BCUT2D eigenvalue weighted by Crippen LogP contribution is 2.32. The number of aromatic nitrogens is 2. The SMILES string of the molecule is C=CCNc1nnc(SCC2CCCCC2)s1. The fourth-order valence-electron chi connectivity index (χ4n) is 2.04. The number of rotatable bonds is 6. The molecule has 3 nitrogen and oxygen atoms in total. The van der Waals surface area contributed by atoms with Crippen molar-refractivity contribution in [3.05, 3.63) is 12.7 Å². The number of hydrogen-bond donors (Lipinski definition) is 1.